The van der Waals surface area contributed by atoms with Crippen molar-refractivity contribution in [2.24, 2.45) is 0 Å². The third-order valence-electron chi connectivity index (χ3n) is 2.09. The summed E-state index contributed by atoms with van der Waals surface area (Å²) in [4.78, 5) is 0. The van der Waals surface area contributed by atoms with Crippen molar-refractivity contribution in [2.45, 2.75) is 20.3 Å². The van der Waals surface area contributed by atoms with E-state index < -0.39 is 0 Å². The van der Waals surface area contributed by atoms with Crippen molar-refractivity contribution in [3.05, 3.63) is 29.3 Å². The number of aryl methyl sites for hydroxylation is 1. The minimum atomic E-state index is 0.787. The molecule has 13 heavy (non-hydrogen) atoms. The summed E-state index contributed by atoms with van der Waals surface area (Å²) in [5, 5.41) is 0.998. The molecule has 0 aliphatic heterocycles. The van der Waals surface area contributed by atoms with E-state index in [1.165, 1.54) is 11.1 Å². The van der Waals surface area contributed by atoms with Gasteiger partial charge in [-0.15, -0.1) is 0 Å². The highest BCUT2D eigenvalue weighted by molar-refractivity contribution is 9.09. The van der Waals surface area contributed by atoms with Crippen LogP contribution in [-0.2, 0) is 0 Å². The van der Waals surface area contributed by atoms with Gasteiger partial charge in [-0.2, -0.15) is 0 Å². The molecule has 0 heterocycles. The van der Waals surface area contributed by atoms with Crippen molar-refractivity contribution in [3.63, 3.8) is 0 Å². The zero-order chi connectivity index (χ0) is 9.68. The molecule has 0 spiro atoms. The largest absolute Gasteiger partial charge is 0.493 e. The fourth-order valence-corrected chi connectivity index (χ4v) is 1.35. The van der Waals surface area contributed by atoms with Crippen LogP contribution < -0.4 is 4.74 Å². The molecule has 1 aromatic carbocycles. The summed E-state index contributed by atoms with van der Waals surface area (Å²) in [7, 11) is 0. The molecule has 2 heteroatoms. The molecule has 1 rings (SSSR count). The number of benzene rings is 1. The topological polar surface area (TPSA) is 9.23 Å². The first-order valence-electron chi connectivity index (χ1n) is 4.50. The quantitative estimate of drug-likeness (QED) is 0.581. The summed E-state index contributed by atoms with van der Waals surface area (Å²) in [6, 6.07) is 6.16. The maximum Gasteiger partial charge on any atom is 0.122 e. The van der Waals surface area contributed by atoms with Gasteiger partial charge in [-0.05, 0) is 37.5 Å². The Kier molecular flexibility index (Phi) is 4.29. The number of rotatable bonds is 4. The predicted molar refractivity (Wildman–Crippen MR) is 59.8 cm³/mol. The second-order valence-electron chi connectivity index (χ2n) is 3.09. The van der Waals surface area contributed by atoms with Crippen LogP contribution >= 0.6 is 15.9 Å². The Bertz CT molecular complexity index is 271. The number of halogens is 1. The average molecular weight is 243 g/mol. The van der Waals surface area contributed by atoms with Gasteiger partial charge in [-0.25, -0.2) is 0 Å². The van der Waals surface area contributed by atoms with Gasteiger partial charge in [0.15, 0.2) is 0 Å². The molecule has 72 valence electrons. The van der Waals surface area contributed by atoms with Crippen LogP contribution in [0.4, 0.5) is 0 Å². The third-order valence-corrected chi connectivity index (χ3v) is 2.65. The van der Waals surface area contributed by atoms with Gasteiger partial charge in [0.05, 0.1) is 6.61 Å². The summed E-state index contributed by atoms with van der Waals surface area (Å²) in [6.45, 7) is 4.99. The lowest BCUT2D eigenvalue weighted by Gasteiger charge is -2.09. The fourth-order valence-electron chi connectivity index (χ4n) is 1.12. The minimum Gasteiger partial charge on any atom is -0.493 e. The lowest BCUT2D eigenvalue weighted by atomic mass is 10.1. The first kappa shape index (κ1) is 10.6. The minimum absolute atomic E-state index is 0.787. The standard InChI is InChI=1S/C11H15BrO/c1-9-5-3-6-11(10(9)2)13-8-4-7-12/h3,5-6H,4,7-8H2,1-2H3. The zero-order valence-electron chi connectivity index (χ0n) is 8.14. The Labute approximate surface area is 88.2 Å². The normalized spacial score (nSPS) is 10.1. The number of ether oxygens (including phenoxy) is 1. The van der Waals surface area contributed by atoms with E-state index >= 15 is 0 Å². The maximum atomic E-state index is 5.63. The van der Waals surface area contributed by atoms with Crippen LogP contribution in [-0.4, -0.2) is 11.9 Å². The highest BCUT2D eigenvalue weighted by Gasteiger charge is 2.00. The monoisotopic (exact) mass is 242 g/mol. The maximum absolute atomic E-state index is 5.63. The van der Waals surface area contributed by atoms with Crippen molar-refractivity contribution in [1.29, 1.82) is 0 Å². The molecule has 0 aliphatic rings. The van der Waals surface area contributed by atoms with Crippen molar-refractivity contribution >= 4 is 15.9 Å². The van der Waals surface area contributed by atoms with E-state index in [2.05, 4.69) is 35.8 Å². The lowest BCUT2D eigenvalue weighted by molar-refractivity contribution is 0.316. The SMILES string of the molecule is Cc1cccc(OCCCBr)c1C. The molecule has 0 saturated carbocycles. The van der Waals surface area contributed by atoms with E-state index in [4.69, 9.17) is 4.74 Å². The molecule has 1 aromatic rings. The molecule has 0 radical (unpaired) electrons. The molecule has 0 aromatic heterocycles. The summed E-state index contributed by atoms with van der Waals surface area (Å²) >= 11 is 3.38. The highest BCUT2D eigenvalue weighted by atomic mass is 79.9. The molecule has 0 unspecified atom stereocenters. The summed E-state index contributed by atoms with van der Waals surface area (Å²) < 4.78 is 5.63. The third kappa shape index (κ3) is 3.03. The van der Waals surface area contributed by atoms with Gasteiger partial charge in [0, 0.05) is 5.33 Å². The van der Waals surface area contributed by atoms with Crippen LogP contribution in [0.2, 0.25) is 0 Å². The second-order valence-corrected chi connectivity index (χ2v) is 3.88. The summed E-state index contributed by atoms with van der Waals surface area (Å²) in [5.74, 6) is 1.01. The zero-order valence-corrected chi connectivity index (χ0v) is 9.73. The Morgan fingerprint density at radius 1 is 1.31 bits per heavy atom. The first-order chi connectivity index (χ1) is 6.25. The van der Waals surface area contributed by atoms with Gasteiger partial charge in [-0.3, -0.25) is 0 Å². The Morgan fingerprint density at radius 2 is 2.08 bits per heavy atom. The average Bonchev–Trinajstić information content (AvgIpc) is 2.13. The highest BCUT2D eigenvalue weighted by Crippen LogP contribution is 2.20. The van der Waals surface area contributed by atoms with Crippen LogP contribution in [0.25, 0.3) is 0 Å². The first-order valence-corrected chi connectivity index (χ1v) is 5.63. The molecule has 0 fully saturated rings. The summed E-state index contributed by atoms with van der Waals surface area (Å²) in [6.07, 6.45) is 1.05. The van der Waals surface area contributed by atoms with Gasteiger partial charge in [0.1, 0.15) is 5.75 Å². The van der Waals surface area contributed by atoms with Gasteiger partial charge < -0.3 is 4.74 Å². The molecule has 0 N–H and O–H groups in total. The molecule has 0 atom stereocenters. The van der Waals surface area contributed by atoms with Crippen LogP contribution in [0.3, 0.4) is 0 Å². The van der Waals surface area contributed by atoms with Crippen molar-refractivity contribution in [3.8, 4) is 5.75 Å². The van der Waals surface area contributed by atoms with Crippen molar-refractivity contribution in [1.82, 2.24) is 0 Å². The van der Waals surface area contributed by atoms with Crippen LogP contribution in [0.15, 0.2) is 18.2 Å². The van der Waals surface area contributed by atoms with Gasteiger partial charge in [-0.1, -0.05) is 28.1 Å². The van der Waals surface area contributed by atoms with E-state index in [1.54, 1.807) is 0 Å². The molecule has 1 nitrogen and oxygen atoms in total. The molecular weight excluding hydrogens is 228 g/mol. The molecule has 0 amide bonds. The number of alkyl halides is 1. The van der Waals surface area contributed by atoms with Crippen LogP contribution in [0.5, 0.6) is 5.75 Å². The van der Waals surface area contributed by atoms with E-state index in [-0.39, 0.29) is 0 Å². The van der Waals surface area contributed by atoms with Crippen LogP contribution in [0.1, 0.15) is 17.5 Å². The fraction of sp³-hybridized carbons (Fsp3) is 0.455. The molecule has 0 saturated heterocycles. The van der Waals surface area contributed by atoms with Gasteiger partial charge >= 0.3 is 0 Å². The van der Waals surface area contributed by atoms with E-state index in [9.17, 15) is 0 Å². The van der Waals surface area contributed by atoms with Gasteiger partial charge in [0.2, 0.25) is 0 Å². The molecular formula is C11H15BrO. The van der Waals surface area contributed by atoms with Gasteiger partial charge in [0.25, 0.3) is 0 Å². The van der Waals surface area contributed by atoms with Crippen LogP contribution in [0, 0.1) is 13.8 Å². The molecule has 0 aliphatic carbocycles. The smallest absolute Gasteiger partial charge is 0.122 e. The molecule has 0 bridgehead atoms. The predicted octanol–water partition coefficient (Wildman–Crippen LogP) is 3.47. The summed E-state index contributed by atoms with van der Waals surface area (Å²) in [5.41, 5.74) is 2.54. The number of hydrogen-bond donors (Lipinski definition) is 0. The van der Waals surface area contributed by atoms with E-state index in [0.29, 0.717) is 0 Å². The second kappa shape index (κ2) is 5.28. The van der Waals surface area contributed by atoms with E-state index in [0.717, 1.165) is 24.1 Å². The Balaban J connectivity index is 2.61. The Morgan fingerprint density at radius 3 is 2.77 bits per heavy atom. The van der Waals surface area contributed by atoms with Crippen molar-refractivity contribution in [2.75, 3.05) is 11.9 Å². The number of hydrogen-bond acceptors (Lipinski definition) is 1. The Hall–Kier alpha value is -0.500. The van der Waals surface area contributed by atoms with Crippen molar-refractivity contribution < 1.29 is 4.74 Å². The van der Waals surface area contributed by atoms with E-state index in [1.807, 2.05) is 12.1 Å². The lowest BCUT2D eigenvalue weighted by Crippen LogP contribution is -1.99.